The first-order valence-corrected chi connectivity index (χ1v) is 9.43. The number of nitrogens with one attached hydrogen (secondary N) is 1. The highest BCUT2D eigenvalue weighted by atomic mass is 32.1. The zero-order valence-electron chi connectivity index (χ0n) is 13.9. The number of likely N-dealkylation sites (tertiary alicyclic amines) is 1. The molecule has 2 amide bonds. The van der Waals surface area contributed by atoms with E-state index in [1.165, 1.54) is 16.0 Å². The third kappa shape index (κ3) is 2.65. The van der Waals surface area contributed by atoms with Crippen LogP contribution < -0.4 is 5.32 Å². The minimum absolute atomic E-state index is 0.0565. The van der Waals surface area contributed by atoms with E-state index in [-0.39, 0.29) is 17.5 Å². The maximum Gasteiger partial charge on any atom is 0.317 e. The fraction of sp³-hybridized carbons (Fsp3) is 0.350. The molecule has 4 rings (SSSR count). The van der Waals surface area contributed by atoms with Gasteiger partial charge in [-0.25, -0.2) is 4.79 Å². The van der Waals surface area contributed by atoms with Gasteiger partial charge in [-0.05, 0) is 42.3 Å². The van der Waals surface area contributed by atoms with E-state index in [1.807, 2.05) is 23.3 Å². The zero-order chi connectivity index (χ0) is 16.6. The van der Waals surface area contributed by atoms with Crippen molar-refractivity contribution in [1.82, 2.24) is 10.2 Å². The number of rotatable bonds is 2. The predicted octanol–water partition coefficient (Wildman–Crippen LogP) is 4.58. The van der Waals surface area contributed by atoms with Crippen LogP contribution in [0.4, 0.5) is 4.79 Å². The second kappa shape index (κ2) is 6.10. The van der Waals surface area contributed by atoms with E-state index in [2.05, 4.69) is 47.8 Å². The summed E-state index contributed by atoms with van der Waals surface area (Å²) in [6.45, 7) is 3.66. The average molecular weight is 338 g/mol. The number of carbonyl (C=O) groups is 1. The largest absolute Gasteiger partial charge is 0.331 e. The van der Waals surface area contributed by atoms with E-state index in [4.69, 9.17) is 0 Å². The van der Waals surface area contributed by atoms with Crippen molar-refractivity contribution in [3.8, 4) is 0 Å². The van der Waals surface area contributed by atoms with Gasteiger partial charge in [-0.1, -0.05) is 42.5 Å². The normalized spacial score (nSPS) is 19.3. The molecule has 2 aromatic rings. The smallest absolute Gasteiger partial charge is 0.317 e. The maximum absolute atomic E-state index is 12.6. The summed E-state index contributed by atoms with van der Waals surface area (Å²) in [7, 11) is 0. The van der Waals surface area contributed by atoms with Gasteiger partial charge in [0.25, 0.3) is 0 Å². The summed E-state index contributed by atoms with van der Waals surface area (Å²) in [4.78, 5) is 15.7. The molecular formula is C20H22N2OS. The molecule has 1 aromatic heterocycles. The van der Waals surface area contributed by atoms with E-state index >= 15 is 0 Å². The first kappa shape index (κ1) is 15.5. The third-order valence-electron chi connectivity index (χ3n) is 5.33. The molecule has 4 heteroatoms. The van der Waals surface area contributed by atoms with Crippen molar-refractivity contribution in [3.05, 3.63) is 63.9 Å². The number of hydrogen-bond donors (Lipinski definition) is 1. The average Bonchev–Trinajstić information content (AvgIpc) is 3.25. The van der Waals surface area contributed by atoms with Gasteiger partial charge in [0.15, 0.2) is 0 Å². The molecule has 1 fully saturated rings. The molecule has 1 atom stereocenters. The molecule has 24 heavy (non-hydrogen) atoms. The summed E-state index contributed by atoms with van der Waals surface area (Å²) < 4.78 is 0. The van der Waals surface area contributed by atoms with E-state index in [0.717, 1.165) is 25.9 Å². The van der Waals surface area contributed by atoms with Crippen LogP contribution >= 0.6 is 11.3 Å². The lowest BCUT2D eigenvalue weighted by Gasteiger charge is -2.39. The summed E-state index contributed by atoms with van der Waals surface area (Å²) in [6, 6.07) is 12.9. The molecule has 1 spiro atoms. The minimum atomic E-state index is 0.0565. The Morgan fingerprint density at radius 2 is 2.00 bits per heavy atom. The molecule has 0 saturated carbocycles. The van der Waals surface area contributed by atoms with E-state index in [0.29, 0.717) is 0 Å². The summed E-state index contributed by atoms with van der Waals surface area (Å²) in [5.74, 6) is 0. The van der Waals surface area contributed by atoms with Crippen LogP contribution in [-0.4, -0.2) is 24.0 Å². The highest BCUT2D eigenvalue weighted by molar-refractivity contribution is 7.10. The Hall–Kier alpha value is -2.07. The van der Waals surface area contributed by atoms with Crippen LogP contribution in [0.2, 0.25) is 0 Å². The number of allylic oxidation sites excluding steroid dienone is 1. The van der Waals surface area contributed by atoms with Gasteiger partial charge in [0.2, 0.25) is 0 Å². The SMILES string of the molecule is CC(NC(=O)N1CCC2(C=Cc3ccccc32)CC1)c1cccs1. The number of nitrogens with zero attached hydrogens (tertiary/aromatic N) is 1. The summed E-state index contributed by atoms with van der Waals surface area (Å²) in [6.07, 6.45) is 6.59. The standard InChI is InChI=1S/C20H22N2OS/c1-15(18-7-4-14-24-18)21-19(23)22-12-10-20(11-13-22)9-8-16-5-2-3-6-17(16)20/h2-9,14-15H,10-13H2,1H3,(H,21,23). The summed E-state index contributed by atoms with van der Waals surface area (Å²) in [5.41, 5.74) is 2.89. The molecule has 1 aliphatic heterocycles. The van der Waals surface area contributed by atoms with Crippen molar-refractivity contribution in [3.63, 3.8) is 0 Å². The third-order valence-corrected chi connectivity index (χ3v) is 6.39. The summed E-state index contributed by atoms with van der Waals surface area (Å²) in [5, 5.41) is 5.18. The van der Waals surface area contributed by atoms with Gasteiger partial charge < -0.3 is 10.2 Å². The highest BCUT2D eigenvalue weighted by Gasteiger charge is 2.38. The van der Waals surface area contributed by atoms with Crippen LogP contribution in [0.5, 0.6) is 0 Å². The number of urea groups is 1. The first-order valence-electron chi connectivity index (χ1n) is 8.56. The van der Waals surface area contributed by atoms with Crippen LogP contribution in [0.25, 0.3) is 6.08 Å². The van der Waals surface area contributed by atoms with Crippen LogP contribution in [0.3, 0.4) is 0 Å². The second-order valence-corrected chi connectivity index (χ2v) is 7.73. The lowest BCUT2D eigenvalue weighted by molar-refractivity contribution is 0.168. The Bertz CT molecular complexity index is 758. The Kier molecular flexibility index (Phi) is 3.93. The van der Waals surface area contributed by atoms with E-state index < -0.39 is 0 Å². The quantitative estimate of drug-likeness (QED) is 0.854. The molecule has 124 valence electrons. The predicted molar refractivity (Wildman–Crippen MR) is 99.2 cm³/mol. The van der Waals surface area contributed by atoms with Crippen LogP contribution in [0.15, 0.2) is 47.9 Å². The van der Waals surface area contributed by atoms with Crippen molar-refractivity contribution in [2.24, 2.45) is 0 Å². The van der Waals surface area contributed by atoms with Gasteiger partial charge in [0, 0.05) is 23.4 Å². The van der Waals surface area contributed by atoms with Gasteiger partial charge >= 0.3 is 6.03 Å². The first-order chi connectivity index (χ1) is 11.7. The topological polar surface area (TPSA) is 32.3 Å². The molecule has 1 aromatic carbocycles. The molecule has 1 aliphatic carbocycles. The zero-order valence-corrected chi connectivity index (χ0v) is 14.7. The van der Waals surface area contributed by atoms with Crippen molar-refractivity contribution < 1.29 is 4.79 Å². The number of carbonyl (C=O) groups excluding carboxylic acids is 1. The molecule has 0 radical (unpaired) electrons. The fourth-order valence-corrected chi connectivity index (χ4v) is 4.60. The number of piperidine rings is 1. The molecule has 0 bridgehead atoms. The highest BCUT2D eigenvalue weighted by Crippen LogP contribution is 2.43. The van der Waals surface area contributed by atoms with Gasteiger partial charge in [0.05, 0.1) is 6.04 Å². The summed E-state index contributed by atoms with van der Waals surface area (Å²) >= 11 is 1.68. The van der Waals surface area contributed by atoms with Crippen molar-refractivity contribution >= 4 is 23.4 Å². The molecule has 1 saturated heterocycles. The number of benzene rings is 1. The Balaban J connectivity index is 1.40. The van der Waals surface area contributed by atoms with Gasteiger partial charge in [-0.2, -0.15) is 0 Å². The monoisotopic (exact) mass is 338 g/mol. The number of thiophene rings is 1. The van der Waals surface area contributed by atoms with Crippen molar-refractivity contribution in [2.45, 2.75) is 31.2 Å². The fourth-order valence-electron chi connectivity index (χ4n) is 3.86. The Labute approximate surface area is 147 Å². The molecule has 2 heterocycles. The number of fused-ring (bicyclic) bond motifs is 2. The van der Waals surface area contributed by atoms with E-state index in [9.17, 15) is 4.79 Å². The molecule has 3 nitrogen and oxygen atoms in total. The minimum Gasteiger partial charge on any atom is -0.331 e. The van der Waals surface area contributed by atoms with Crippen LogP contribution in [0.1, 0.15) is 41.8 Å². The lowest BCUT2D eigenvalue weighted by atomic mass is 9.74. The molecule has 1 unspecified atom stereocenters. The molecule has 1 N–H and O–H groups in total. The van der Waals surface area contributed by atoms with Crippen molar-refractivity contribution in [1.29, 1.82) is 0 Å². The second-order valence-electron chi connectivity index (χ2n) is 6.75. The molecular weight excluding hydrogens is 316 g/mol. The van der Waals surface area contributed by atoms with Crippen molar-refractivity contribution in [2.75, 3.05) is 13.1 Å². The Morgan fingerprint density at radius 3 is 2.75 bits per heavy atom. The van der Waals surface area contributed by atoms with Gasteiger partial charge in [-0.15, -0.1) is 11.3 Å². The number of amides is 2. The van der Waals surface area contributed by atoms with Crippen LogP contribution in [-0.2, 0) is 5.41 Å². The Morgan fingerprint density at radius 1 is 1.21 bits per heavy atom. The van der Waals surface area contributed by atoms with Crippen LogP contribution in [0, 0.1) is 0 Å². The number of hydrogen-bond acceptors (Lipinski definition) is 2. The van der Waals surface area contributed by atoms with E-state index in [1.54, 1.807) is 11.3 Å². The van der Waals surface area contributed by atoms with Gasteiger partial charge in [0.1, 0.15) is 0 Å². The van der Waals surface area contributed by atoms with Gasteiger partial charge in [-0.3, -0.25) is 0 Å². The lowest BCUT2D eigenvalue weighted by Crippen LogP contribution is -2.48. The molecule has 2 aliphatic rings. The maximum atomic E-state index is 12.6.